The van der Waals surface area contributed by atoms with Crippen LogP contribution in [0.25, 0.3) is 0 Å². The third kappa shape index (κ3) is 3.24. The zero-order valence-electron chi connectivity index (χ0n) is 12.4. The number of benzene rings is 1. The number of aliphatic hydroxyl groups is 1. The van der Waals surface area contributed by atoms with E-state index in [1.807, 2.05) is 0 Å². The Labute approximate surface area is 122 Å². The fourth-order valence-corrected chi connectivity index (χ4v) is 4.04. The molecule has 0 spiro atoms. The number of hydrogen-bond acceptors (Lipinski definition) is 2. The van der Waals surface area contributed by atoms with E-state index in [-0.39, 0.29) is 6.10 Å². The van der Waals surface area contributed by atoms with Gasteiger partial charge in [-0.1, -0.05) is 49.6 Å². The lowest BCUT2D eigenvalue weighted by Crippen LogP contribution is -2.54. The van der Waals surface area contributed by atoms with Crippen LogP contribution in [0.4, 0.5) is 0 Å². The Bertz CT molecular complexity index is 399. The first kappa shape index (κ1) is 14.1. The van der Waals surface area contributed by atoms with Crippen molar-refractivity contribution in [2.45, 2.75) is 69.6 Å². The third-order valence-electron chi connectivity index (χ3n) is 5.12. The summed E-state index contributed by atoms with van der Waals surface area (Å²) in [7, 11) is 0. The highest BCUT2D eigenvalue weighted by molar-refractivity contribution is 5.16. The minimum Gasteiger partial charge on any atom is -0.391 e. The number of rotatable bonds is 3. The van der Waals surface area contributed by atoms with Crippen LogP contribution in [0.5, 0.6) is 0 Å². The molecule has 2 atom stereocenters. The number of hydrogen-bond donors (Lipinski definition) is 1. The van der Waals surface area contributed by atoms with Crippen molar-refractivity contribution in [3.63, 3.8) is 0 Å². The molecule has 1 saturated heterocycles. The quantitative estimate of drug-likeness (QED) is 0.912. The molecule has 2 fully saturated rings. The Hall–Kier alpha value is -0.860. The lowest BCUT2D eigenvalue weighted by molar-refractivity contribution is -0.0202. The van der Waals surface area contributed by atoms with Crippen LogP contribution in [0.2, 0.25) is 0 Å². The van der Waals surface area contributed by atoms with Gasteiger partial charge in [0, 0.05) is 12.1 Å². The third-order valence-corrected chi connectivity index (χ3v) is 5.12. The van der Waals surface area contributed by atoms with E-state index in [2.05, 4.69) is 35.2 Å². The molecule has 1 heterocycles. The summed E-state index contributed by atoms with van der Waals surface area (Å²) in [5, 5.41) is 10.5. The minimum atomic E-state index is -0.147. The SMILES string of the molecule is O[C@H]1CCCN(C2CCCCC2)[C@H]1Cc1ccccc1. The number of nitrogens with zero attached hydrogens (tertiary/aromatic N) is 1. The average Bonchev–Trinajstić information content (AvgIpc) is 2.51. The van der Waals surface area contributed by atoms with Crippen LogP contribution < -0.4 is 0 Å². The molecule has 0 bridgehead atoms. The summed E-state index contributed by atoms with van der Waals surface area (Å²) < 4.78 is 0. The van der Waals surface area contributed by atoms with Crippen molar-refractivity contribution in [3.05, 3.63) is 35.9 Å². The molecule has 0 aromatic heterocycles. The van der Waals surface area contributed by atoms with Crippen molar-refractivity contribution in [1.82, 2.24) is 4.90 Å². The summed E-state index contributed by atoms with van der Waals surface area (Å²) in [6.45, 7) is 1.18. The van der Waals surface area contributed by atoms with Crippen LogP contribution in [0.3, 0.4) is 0 Å². The predicted octanol–water partition coefficient (Wildman–Crippen LogP) is 3.39. The molecule has 0 amide bonds. The Morgan fingerprint density at radius 2 is 1.70 bits per heavy atom. The van der Waals surface area contributed by atoms with Gasteiger partial charge >= 0.3 is 0 Å². The minimum absolute atomic E-state index is 0.147. The van der Waals surface area contributed by atoms with E-state index in [0.29, 0.717) is 12.1 Å². The molecule has 20 heavy (non-hydrogen) atoms. The van der Waals surface area contributed by atoms with E-state index in [1.54, 1.807) is 0 Å². The summed E-state index contributed by atoms with van der Waals surface area (Å²) in [5.74, 6) is 0. The van der Waals surface area contributed by atoms with Crippen LogP contribution in [0, 0.1) is 0 Å². The van der Waals surface area contributed by atoms with Gasteiger partial charge in [-0.15, -0.1) is 0 Å². The predicted molar refractivity (Wildman–Crippen MR) is 82.8 cm³/mol. The molecule has 3 rings (SSSR count). The van der Waals surface area contributed by atoms with Crippen LogP contribution in [-0.4, -0.2) is 34.7 Å². The van der Waals surface area contributed by atoms with Crippen LogP contribution in [-0.2, 0) is 6.42 Å². The van der Waals surface area contributed by atoms with E-state index >= 15 is 0 Å². The molecule has 1 aliphatic heterocycles. The van der Waals surface area contributed by atoms with Gasteiger partial charge in [-0.3, -0.25) is 4.90 Å². The first-order valence-corrected chi connectivity index (χ1v) is 8.32. The van der Waals surface area contributed by atoms with Crippen molar-refractivity contribution in [2.24, 2.45) is 0 Å². The maximum Gasteiger partial charge on any atom is 0.0699 e. The van der Waals surface area contributed by atoms with Gasteiger partial charge in [-0.25, -0.2) is 0 Å². The van der Waals surface area contributed by atoms with Crippen molar-refractivity contribution in [2.75, 3.05) is 6.54 Å². The maximum absolute atomic E-state index is 10.5. The van der Waals surface area contributed by atoms with Gasteiger partial charge < -0.3 is 5.11 Å². The molecule has 1 aliphatic carbocycles. The molecule has 1 saturated carbocycles. The highest BCUT2D eigenvalue weighted by Crippen LogP contribution is 2.30. The van der Waals surface area contributed by atoms with Gasteiger partial charge in [-0.05, 0) is 44.2 Å². The molecule has 0 radical (unpaired) electrons. The highest BCUT2D eigenvalue weighted by Gasteiger charge is 2.34. The van der Waals surface area contributed by atoms with E-state index in [0.717, 1.165) is 19.3 Å². The molecule has 110 valence electrons. The van der Waals surface area contributed by atoms with Crippen LogP contribution in [0.1, 0.15) is 50.5 Å². The zero-order valence-corrected chi connectivity index (χ0v) is 12.4. The molecular formula is C18H27NO. The van der Waals surface area contributed by atoms with Crippen molar-refractivity contribution < 1.29 is 5.11 Å². The number of piperidine rings is 1. The summed E-state index contributed by atoms with van der Waals surface area (Å²) in [6, 6.07) is 11.7. The molecule has 2 aliphatic rings. The molecule has 2 nitrogen and oxygen atoms in total. The van der Waals surface area contributed by atoms with Gasteiger partial charge in [0.25, 0.3) is 0 Å². The second kappa shape index (κ2) is 6.73. The first-order chi connectivity index (χ1) is 9.84. The van der Waals surface area contributed by atoms with Gasteiger partial charge in [0.1, 0.15) is 0 Å². The normalized spacial score (nSPS) is 29.4. The first-order valence-electron chi connectivity index (χ1n) is 8.32. The molecule has 0 unspecified atom stereocenters. The molecule has 1 aromatic carbocycles. The molecule has 2 heteroatoms. The van der Waals surface area contributed by atoms with E-state index < -0.39 is 0 Å². The monoisotopic (exact) mass is 273 g/mol. The highest BCUT2D eigenvalue weighted by atomic mass is 16.3. The number of likely N-dealkylation sites (tertiary alicyclic amines) is 1. The summed E-state index contributed by atoms with van der Waals surface area (Å²) in [6.07, 6.45) is 9.78. The fraction of sp³-hybridized carbons (Fsp3) is 0.667. The molecular weight excluding hydrogens is 246 g/mol. The largest absolute Gasteiger partial charge is 0.391 e. The van der Waals surface area contributed by atoms with Crippen LogP contribution in [0.15, 0.2) is 30.3 Å². The lowest BCUT2D eigenvalue weighted by atomic mass is 9.87. The zero-order chi connectivity index (χ0) is 13.8. The van der Waals surface area contributed by atoms with Gasteiger partial charge in [-0.2, -0.15) is 0 Å². The summed E-state index contributed by atoms with van der Waals surface area (Å²) in [5.41, 5.74) is 1.36. The van der Waals surface area contributed by atoms with Crippen molar-refractivity contribution >= 4 is 0 Å². The number of aliphatic hydroxyl groups excluding tert-OH is 1. The summed E-state index contributed by atoms with van der Waals surface area (Å²) >= 11 is 0. The average molecular weight is 273 g/mol. The molecule has 1 N–H and O–H groups in total. The standard InChI is InChI=1S/C18H27NO/c20-18-12-7-13-19(16-10-5-2-6-11-16)17(18)14-15-8-3-1-4-9-15/h1,3-4,8-9,16-18,20H,2,5-7,10-14H2/t17-,18-/m0/s1. The van der Waals surface area contributed by atoms with Crippen LogP contribution >= 0.6 is 0 Å². The Morgan fingerprint density at radius 1 is 0.950 bits per heavy atom. The Balaban J connectivity index is 1.72. The van der Waals surface area contributed by atoms with Gasteiger partial charge in [0.05, 0.1) is 6.10 Å². The lowest BCUT2D eigenvalue weighted by Gasteiger charge is -2.45. The Morgan fingerprint density at radius 3 is 2.45 bits per heavy atom. The van der Waals surface area contributed by atoms with Crippen molar-refractivity contribution in [1.29, 1.82) is 0 Å². The van der Waals surface area contributed by atoms with Crippen molar-refractivity contribution in [3.8, 4) is 0 Å². The second-order valence-corrected chi connectivity index (χ2v) is 6.50. The maximum atomic E-state index is 10.5. The fourth-order valence-electron chi connectivity index (χ4n) is 4.04. The summed E-state index contributed by atoms with van der Waals surface area (Å²) in [4.78, 5) is 2.64. The topological polar surface area (TPSA) is 23.5 Å². The Kier molecular flexibility index (Phi) is 4.74. The smallest absolute Gasteiger partial charge is 0.0699 e. The van der Waals surface area contributed by atoms with E-state index in [4.69, 9.17) is 0 Å². The van der Waals surface area contributed by atoms with Gasteiger partial charge in [0.2, 0.25) is 0 Å². The van der Waals surface area contributed by atoms with E-state index in [1.165, 1.54) is 44.2 Å². The van der Waals surface area contributed by atoms with E-state index in [9.17, 15) is 5.11 Å². The van der Waals surface area contributed by atoms with Gasteiger partial charge in [0.15, 0.2) is 0 Å². The molecule has 1 aromatic rings. The second-order valence-electron chi connectivity index (χ2n) is 6.50.